The molecule has 2 fully saturated rings. The minimum Gasteiger partial charge on any atom is -0.496 e. The average Bonchev–Trinajstić information content (AvgIpc) is 3.90. The van der Waals surface area contributed by atoms with Gasteiger partial charge in [0.15, 0.2) is 6.10 Å². The second kappa shape index (κ2) is 14.2. The zero-order chi connectivity index (χ0) is 41.6. The highest BCUT2D eigenvalue weighted by Crippen LogP contribution is 2.68. The number of aliphatic hydroxyl groups is 1. The van der Waals surface area contributed by atoms with E-state index in [4.69, 9.17) is 14.2 Å². The number of hydrogen-bond donors (Lipinski definition) is 3. The molecule has 3 aromatic rings. The molecule has 0 radical (unpaired) electrons. The highest BCUT2D eigenvalue weighted by Gasteiger charge is 2.80. The fourth-order valence-electron chi connectivity index (χ4n) is 13.2. The molecule has 12 heteroatoms. The SMILES string of the molecule is CCNC(=O)[C@]1(c2cc3c(cc2OC)N(C)[C@H]2C(O)(C(=O)OC)[C@H](OC(C)=O)[C@]4(CC)C=CCN5CCC32[C@@H]54)C[C@@H]2C=C(CC)CN(CCc3c1[nH]c1ccccc31)C2. The van der Waals surface area contributed by atoms with Crippen molar-refractivity contribution in [3.63, 3.8) is 0 Å². The molecule has 1 aliphatic carbocycles. The Morgan fingerprint density at radius 1 is 1.05 bits per heavy atom. The summed E-state index contributed by atoms with van der Waals surface area (Å²) in [6.45, 7) is 12.0. The third-order valence-electron chi connectivity index (χ3n) is 15.2. The lowest BCUT2D eigenvalue weighted by atomic mass is 9.47. The number of benzene rings is 2. The number of carbonyl (C=O) groups is 3. The summed E-state index contributed by atoms with van der Waals surface area (Å²) < 4.78 is 18.1. The number of ether oxygens (including phenoxy) is 3. The monoisotopic (exact) mass is 805 g/mol. The third kappa shape index (κ3) is 5.27. The number of likely N-dealkylation sites (N-methyl/N-ethyl adjacent to an activating group) is 2. The summed E-state index contributed by atoms with van der Waals surface area (Å²) in [4.78, 5) is 53.9. The molecule has 9 atom stereocenters. The molecule has 1 aromatic heterocycles. The first kappa shape index (κ1) is 39.8. The van der Waals surface area contributed by atoms with Gasteiger partial charge in [0.25, 0.3) is 0 Å². The molecule has 1 spiro atoms. The Kier molecular flexibility index (Phi) is 9.60. The van der Waals surface area contributed by atoms with Gasteiger partial charge in [0.2, 0.25) is 11.5 Å². The molecule has 1 saturated heterocycles. The van der Waals surface area contributed by atoms with Gasteiger partial charge in [-0.15, -0.1) is 0 Å². The molecule has 3 unspecified atom stereocenters. The van der Waals surface area contributed by atoms with Gasteiger partial charge >= 0.3 is 11.9 Å². The van der Waals surface area contributed by atoms with E-state index in [-0.39, 0.29) is 17.9 Å². The van der Waals surface area contributed by atoms with Crippen molar-refractivity contribution in [2.24, 2.45) is 11.3 Å². The van der Waals surface area contributed by atoms with Crippen molar-refractivity contribution in [1.82, 2.24) is 20.1 Å². The molecule has 12 nitrogen and oxygen atoms in total. The van der Waals surface area contributed by atoms with Crippen LogP contribution in [0.1, 0.15) is 75.8 Å². The number of anilines is 1. The Morgan fingerprint density at radius 2 is 1.85 bits per heavy atom. The summed E-state index contributed by atoms with van der Waals surface area (Å²) in [6.07, 6.45) is 8.65. The second-order valence-electron chi connectivity index (χ2n) is 17.9. The third-order valence-corrected chi connectivity index (χ3v) is 15.2. The molecular weight excluding hydrogens is 747 g/mol. The first-order chi connectivity index (χ1) is 28.4. The number of methoxy groups -OCH3 is 2. The Balaban J connectivity index is 1.38. The summed E-state index contributed by atoms with van der Waals surface area (Å²) in [6, 6.07) is 11.4. The van der Waals surface area contributed by atoms with Crippen LogP contribution in [0.25, 0.3) is 10.9 Å². The molecule has 2 aromatic carbocycles. The van der Waals surface area contributed by atoms with Gasteiger partial charge in [-0.25, -0.2) is 4.79 Å². The van der Waals surface area contributed by atoms with Crippen molar-refractivity contribution in [2.75, 3.05) is 65.4 Å². The van der Waals surface area contributed by atoms with E-state index in [0.717, 1.165) is 71.5 Å². The van der Waals surface area contributed by atoms with E-state index in [1.54, 1.807) is 7.11 Å². The van der Waals surface area contributed by atoms with Crippen LogP contribution in [-0.2, 0) is 41.1 Å². The van der Waals surface area contributed by atoms with E-state index >= 15 is 4.79 Å². The van der Waals surface area contributed by atoms with Crippen LogP contribution in [0.3, 0.4) is 0 Å². The quantitative estimate of drug-likeness (QED) is 0.216. The van der Waals surface area contributed by atoms with Crippen LogP contribution in [0.15, 0.2) is 60.2 Å². The molecule has 59 heavy (non-hydrogen) atoms. The number of fused-ring (bicyclic) bond motifs is 6. The maximum absolute atomic E-state index is 15.6. The highest BCUT2D eigenvalue weighted by molar-refractivity contribution is 5.97. The number of nitrogens with one attached hydrogen (secondary N) is 2. The van der Waals surface area contributed by atoms with Crippen LogP contribution < -0.4 is 15.0 Å². The molecule has 314 valence electrons. The second-order valence-corrected chi connectivity index (χ2v) is 17.9. The number of nitrogens with zero attached hydrogens (tertiary/aromatic N) is 3. The Labute approximate surface area is 346 Å². The number of rotatable bonds is 8. The van der Waals surface area contributed by atoms with Crippen LogP contribution in [0.4, 0.5) is 5.69 Å². The van der Waals surface area contributed by atoms with Crippen molar-refractivity contribution >= 4 is 34.4 Å². The van der Waals surface area contributed by atoms with Crippen molar-refractivity contribution in [1.29, 1.82) is 0 Å². The molecule has 2 bridgehead atoms. The molecular formula is C47H59N5O7. The Bertz CT molecular complexity index is 2280. The highest BCUT2D eigenvalue weighted by atomic mass is 16.6. The van der Waals surface area contributed by atoms with Gasteiger partial charge in [-0.2, -0.15) is 0 Å². The van der Waals surface area contributed by atoms with Gasteiger partial charge < -0.3 is 34.5 Å². The number of aromatic nitrogens is 1. The van der Waals surface area contributed by atoms with Gasteiger partial charge in [-0.05, 0) is 74.8 Å². The van der Waals surface area contributed by atoms with Crippen LogP contribution in [-0.4, -0.2) is 122 Å². The molecule has 6 aliphatic rings. The topological polar surface area (TPSA) is 137 Å². The van der Waals surface area contributed by atoms with Gasteiger partial charge in [0.05, 0.1) is 20.3 Å². The fourth-order valence-corrected chi connectivity index (χ4v) is 13.2. The minimum absolute atomic E-state index is 0.0620. The maximum atomic E-state index is 15.6. The number of aromatic amines is 1. The number of hydrogen-bond acceptors (Lipinski definition) is 10. The Morgan fingerprint density at radius 3 is 2.56 bits per heavy atom. The molecule has 6 heterocycles. The lowest BCUT2D eigenvalue weighted by Crippen LogP contribution is -2.81. The largest absolute Gasteiger partial charge is 0.496 e. The van der Waals surface area contributed by atoms with Crippen LogP contribution in [0, 0.1) is 11.3 Å². The van der Waals surface area contributed by atoms with Crippen LogP contribution in [0.2, 0.25) is 0 Å². The van der Waals surface area contributed by atoms with Gasteiger partial charge in [0.1, 0.15) is 11.2 Å². The number of amides is 1. The molecule has 5 aliphatic heterocycles. The predicted molar refractivity (Wildman–Crippen MR) is 226 cm³/mol. The lowest BCUT2D eigenvalue weighted by Gasteiger charge is -2.63. The standard InChI is InChI=1S/C47H59N5O7/c1-8-29-22-30-25-46(42(54)48-10-3,38-32(16-20-51(26-29)27-30)31-14-11-12-15-35(31)49-38)34-23-33-36(24-37(34)57-6)50(5)40-45(33)18-21-52-19-13-17-44(9-2,39(45)52)41(59-28(4)53)47(40,56)43(55)58-7/h11-15,17,22-24,30,39-41,49,56H,8-10,16,18-21,25-27H2,1-7H3,(H,48,54)/t30-,39-,40+,41+,44+,45?,46-,47?/m0/s1. The molecule has 1 amide bonds. The molecule has 9 rings (SSSR count). The molecule has 3 N–H and O–H groups in total. The molecule has 1 saturated carbocycles. The van der Waals surface area contributed by atoms with Gasteiger partial charge in [0, 0.05) is 97.5 Å². The lowest BCUT2D eigenvalue weighted by molar-refractivity contribution is -0.228. The van der Waals surface area contributed by atoms with E-state index in [1.807, 2.05) is 37.9 Å². The first-order valence-corrected chi connectivity index (χ1v) is 21.5. The van der Waals surface area contributed by atoms with E-state index in [0.29, 0.717) is 44.6 Å². The predicted octanol–water partition coefficient (Wildman–Crippen LogP) is 4.76. The van der Waals surface area contributed by atoms with Gasteiger partial charge in [-0.1, -0.05) is 55.8 Å². The zero-order valence-corrected chi connectivity index (χ0v) is 35.5. The van der Waals surface area contributed by atoms with Gasteiger partial charge in [-0.3, -0.25) is 19.4 Å². The number of H-pyrrole nitrogens is 1. The van der Waals surface area contributed by atoms with E-state index in [9.17, 15) is 14.7 Å². The summed E-state index contributed by atoms with van der Waals surface area (Å²) in [5.74, 6) is -0.915. The van der Waals surface area contributed by atoms with Crippen LogP contribution in [0.5, 0.6) is 5.75 Å². The number of esters is 2. The van der Waals surface area contributed by atoms with Crippen molar-refractivity contribution < 1.29 is 33.7 Å². The number of carbonyl (C=O) groups excluding carboxylic acids is 3. The summed E-state index contributed by atoms with van der Waals surface area (Å²) in [5.41, 5.74) is 1.56. The van der Waals surface area contributed by atoms with E-state index in [2.05, 4.69) is 69.5 Å². The Hall–Kier alpha value is -4.65. The summed E-state index contributed by atoms with van der Waals surface area (Å²) >= 11 is 0. The average molecular weight is 806 g/mol. The van der Waals surface area contributed by atoms with Crippen molar-refractivity contribution in [3.05, 3.63) is 82.6 Å². The van der Waals surface area contributed by atoms with E-state index < -0.39 is 45.9 Å². The maximum Gasteiger partial charge on any atom is 0.344 e. The fraction of sp³-hybridized carbons (Fsp3) is 0.553. The minimum atomic E-state index is -2.27. The van der Waals surface area contributed by atoms with Crippen molar-refractivity contribution in [3.8, 4) is 5.75 Å². The number of para-hydroxylation sites is 1. The van der Waals surface area contributed by atoms with Crippen LogP contribution >= 0.6 is 0 Å². The summed E-state index contributed by atoms with van der Waals surface area (Å²) in [5, 5.41) is 17.8. The van der Waals surface area contributed by atoms with E-state index in [1.165, 1.54) is 19.6 Å². The zero-order valence-electron chi connectivity index (χ0n) is 35.5. The smallest absolute Gasteiger partial charge is 0.344 e. The first-order valence-electron chi connectivity index (χ1n) is 21.5. The normalized spacial score (nSPS) is 34.3. The summed E-state index contributed by atoms with van der Waals surface area (Å²) in [7, 11) is 4.83. The van der Waals surface area contributed by atoms with Crippen molar-refractivity contribution in [2.45, 2.75) is 94.4 Å².